The first-order valence-electron chi connectivity index (χ1n) is 6.65. The van der Waals surface area contributed by atoms with Gasteiger partial charge in [-0.15, -0.1) is 11.3 Å². The lowest BCUT2D eigenvalue weighted by atomic mass is 10.1. The van der Waals surface area contributed by atoms with Crippen LogP contribution < -0.4 is 4.74 Å². The van der Waals surface area contributed by atoms with Crippen molar-refractivity contribution < 1.29 is 14.4 Å². The van der Waals surface area contributed by atoms with Gasteiger partial charge in [-0.25, -0.2) is 4.79 Å². The van der Waals surface area contributed by atoms with E-state index in [-0.39, 0.29) is 6.61 Å². The van der Waals surface area contributed by atoms with E-state index in [9.17, 15) is 4.79 Å². The van der Waals surface area contributed by atoms with Crippen LogP contribution in [-0.2, 0) is 9.63 Å². The molecule has 2 aromatic rings. The smallest absolute Gasteiger partial charge is 0.372 e. The third-order valence-electron chi connectivity index (χ3n) is 2.92. The van der Waals surface area contributed by atoms with Crippen molar-refractivity contribution in [3.63, 3.8) is 0 Å². The number of aryl methyl sites for hydroxylation is 2. The van der Waals surface area contributed by atoms with Crippen molar-refractivity contribution in [1.82, 2.24) is 0 Å². The fourth-order valence-corrected chi connectivity index (χ4v) is 3.29. The number of thiophene rings is 1. The van der Waals surface area contributed by atoms with Crippen LogP contribution in [0, 0.1) is 13.8 Å². The van der Waals surface area contributed by atoms with Crippen molar-refractivity contribution >= 4 is 38.9 Å². The van der Waals surface area contributed by atoms with Gasteiger partial charge in [0, 0.05) is 4.47 Å². The minimum absolute atomic E-state index is 0.176. The Kier molecular flexibility index (Phi) is 5.74. The maximum atomic E-state index is 11.7. The highest BCUT2D eigenvalue weighted by Gasteiger charge is 2.10. The van der Waals surface area contributed by atoms with Crippen molar-refractivity contribution in [3.8, 4) is 5.75 Å². The quantitative estimate of drug-likeness (QED) is 0.435. The van der Waals surface area contributed by atoms with Gasteiger partial charge in [0.1, 0.15) is 5.75 Å². The molecule has 0 unspecified atom stereocenters. The van der Waals surface area contributed by atoms with Crippen molar-refractivity contribution in [2.45, 2.75) is 20.8 Å². The molecule has 1 heterocycles. The molecule has 0 fully saturated rings. The highest BCUT2D eigenvalue weighted by atomic mass is 79.9. The van der Waals surface area contributed by atoms with Gasteiger partial charge < -0.3 is 9.57 Å². The fourth-order valence-electron chi connectivity index (χ4n) is 1.93. The number of oxime groups is 1. The van der Waals surface area contributed by atoms with Crippen LogP contribution >= 0.6 is 27.3 Å². The van der Waals surface area contributed by atoms with Crippen LogP contribution in [0.1, 0.15) is 22.9 Å². The van der Waals surface area contributed by atoms with Crippen LogP contribution in [0.3, 0.4) is 0 Å². The van der Waals surface area contributed by atoms with E-state index in [2.05, 4.69) is 21.1 Å². The van der Waals surface area contributed by atoms with E-state index >= 15 is 0 Å². The standard InChI is InChI=1S/C16H16BrNO3S/c1-10-7-13(17)8-11(2)16(10)20-9-15(19)21-18-12(3)14-5-4-6-22-14/h4-8H,9H2,1-3H3/b18-12+. The molecule has 22 heavy (non-hydrogen) atoms. The molecule has 1 aromatic heterocycles. The van der Waals surface area contributed by atoms with Crippen molar-refractivity contribution in [1.29, 1.82) is 0 Å². The molecule has 0 radical (unpaired) electrons. The summed E-state index contributed by atoms with van der Waals surface area (Å²) >= 11 is 4.96. The maximum Gasteiger partial charge on any atom is 0.372 e. The van der Waals surface area contributed by atoms with Crippen molar-refractivity contribution in [3.05, 3.63) is 50.1 Å². The topological polar surface area (TPSA) is 47.9 Å². The highest BCUT2D eigenvalue weighted by molar-refractivity contribution is 9.10. The first kappa shape index (κ1) is 16.7. The first-order valence-corrected chi connectivity index (χ1v) is 8.32. The minimum atomic E-state index is -0.530. The predicted molar refractivity (Wildman–Crippen MR) is 91.7 cm³/mol. The van der Waals surface area contributed by atoms with Gasteiger partial charge in [0.25, 0.3) is 0 Å². The van der Waals surface area contributed by atoms with E-state index in [1.54, 1.807) is 18.3 Å². The van der Waals surface area contributed by atoms with Crippen molar-refractivity contribution in [2.24, 2.45) is 5.16 Å². The van der Waals surface area contributed by atoms with Crippen molar-refractivity contribution in [2.75, 3.05) is 6.61 Å². The fraction of sp³-hybridized carbons (Fsp3) is 0.250. The van der Waals surface area contributed by atoms with Crippen LogP contribution in [0.5, 0.6) is 5.75 Å². The molecule has 0 spiro atoms. The summed E-state index contributed by atoms with van der Waals surface area (Å²) in [6.45, 7) is 5.47. The zero-order valence-corrected chi connectivity index (χ0v) is 15.0. The van der Waals surface area contributed by atoms with Gasteiger partial charge in [0.05, 0.1) is 10.6 Å². The number of hydrogen-bond donors (Lipinski definition) is 0. The van der Waals surface area contributed by atoms with E-state index < -0.39 is 5.97 Å². The summed E-state index contributed by atoms with van der Waals surface area (Å²) in [5, 5.41) is 5.77. The second-order valence-electron chi connectivity index (χ2n) is 4.77. The average molecular weight is 382 g/mol. The first-order chi connectivity index (χ1) is 10.5. The molecule has 0 aliphatic heterocycles. The maximum absolute atomic E-state index is 11.7. The molecule has 116 valence electrons. The summed E-state index contributed by atoms with van der Waals surface area (Å²) in [5.74, 6) is 0.164. The van der Waals surface area contributed by atoms with Gasteiger partial charge in [0.15, 0.2) is 6.61 Å². The molecular weight excluding hydrogens is 366 g/mol. The lowest BCUT2D eigenvalue weighted by Gasteiger charge is -2.11. The van der Waals surface area contributed by atoms with Crippen LogP contribution in [0.4, 0.5) is 0 Å². The zero-order valence-electron chi connectivity index (χ0n) is 12.6. The number of carbonyl (C=O) groups is 1. The lowest BCUT2D eigenvalue weighted by Crippen LogP contribution is -2.14. The van der Waals surface area contributed by atoms with Gasteiger partial charge in [-0.3, -0.25) is 0 Å². The van der Waals surface area contributed by atoms with Crippen LogP contribution in [-0.4, -0.2) is 18.3 Å². The lowest BCUT2D eigenvalue weighted by molar-refractivity contribution is -0.146. The molecule has 6 heteroatoms. The summed E-state index contributed by atoms with van der Waals surface area (Å²) in [4.78, 5) is 17.6. The van der Waals surface area contributed by atoms with Gasteiger partial charge in [-0.2, -0.15) is 0 Å². The molecule has 0 saturated carbocycles. The van der Waals surface area contributed by atoms with Crippen LogP contribution in [0.15, 0.2) is 39.3 Å². The molecule has 4 nitrogen and oxygen atoms in total. The van der Waals surface area contributed by atoms with E-state index in [1.807, 2.05) is 43.5 Å². The van der Waals surface area contributed by atoms with E-state index in [0.717, 1.165) is 20.5 Å². The number of ether oxygens (including phenoxy) is 1. The van der Waals surface area contributed by atoms with Gasteiger partial charge in [-0.05, 0) is 55.5 Å². The largest absolute Gasteiger partial charge is 0.481 e. The normalized spacial score (nSPS) is 11.4. The number of hydrogen-bond acceptors (Lipinski definition) is 5. The molecule has 0 aliphatic carbocycles. The molecule has 0 N–H and O–H groups in total. The Morgan fingerprint density at radius 1 is 1.32 bits per heavy atom. The van der Waals surface area contributed by atoms with E-state index in [4.69, 9.17) is 9.57 Å². The molecule has 1 aromatic carbocycles. The number of halogens is 1. The molecule has 0 aliphatic rings. The predicted octanol–water partition coefficient (Wildman–Crippen LogP) is 4.47. The van der Waals surface area contributed by atoms with Crippen LogP contribution in [0.25, 0.3) is 0 Å². The third kappa shape index (κ3) is 4.42. The Bertz CT molecular complexity index is 672. The van der Waals surface area contributed by atoms with E-state index in [0.29, 0.717) is 11.5 Å². The number of rotatable bonds is 5. The number of nitrogens with zero attached hydrogens (tertiary/aromatic N) is 1. The average Bonchev–Trinajstić information content (AvgIpc) is 2.97. The summed E-state index contributed by atoms with van der Waals surface area (Å²) in [5.41, 5.74) is 2.58. The Balaban J connectivity index is 1.92. The monoisotopic (exact) mass is 381 g/mol. The number of carbonyl (C=O) groups excluding carboxylic acids is 1. The van der Waals surface area contributed by atoms with Crippen LogP contribution in [0.2, 0.25) is 0 Å². The molecular formula is C16H16BrNO3S. The molecule has 0 bridgehead atoms. The highest BCUT2D eigenvalue weighted by Crippen LogP contribution is 2.27. The summed E-state index contributed by atoms with van der Waals surface area (Å²) in [6, 6.07) is 7.71. The SMILES string of the molecule is C/C(=N\OC(=O)COc1c(C)cc(Br)cc1C)c1cccs1. The van der Waals surface area contributed by atoms with Gasteiger partial charge in [0.2, 0.25) is 0 Å². The number of benzene rings is 1. The Morgan fingerprint density at radius 3 is 2.59 bits per heavy atom. The minimum Gasteiger partial charge on any atom is -0.481 e. The Morgan fingerprint density at radius 2 is 2.00 bits per heavy atom. The third-order valence-corrected chi connectivity index (χ3v) is 4.36. The Hall–Kier alpha value is -1.66. The Labute approximate surface area is 141 Å². The zero-order chi connectivity index (χ0) is 16.1. The molecule has 0 atom stereocenters. The van der Waals surface area contributed by atoms with Gasteiger partial charge >= 0.3 is 5.97 Å². The molecule has 0 saturated heterocycles. The molecule has 0 amide bonds. The van der Waals surface area contributed by atoms with Gasteiger partial charge in [-0.1, -0.05) is 27.2 Å². The summed E-state index contributed by atoms with van der Waals surface area (Å²) < 4.78 is 6.53. The summed E-state index contributed by atoms with van der Waals surface area (Å²) in [6.07, 6.45) is 0. The summed E-state index contributed by atoms with van der Waals surface area (Å²) in [7, 11) is 0. The molecule has 2 rings (SSSR count). The van der Waals surface area contributed by atoms with E-state index in [1.165, 1.54) is 0 Å². The second kappa shape index (κ2) is 7.56. The second-order valence-corrected chi connectivity index (χ2v) is 6.64.